The predicted molar refractivity (Wildman–Crippen MR) is 110 cm³/mol. The number of carbonyl (C=O) groups is 1. The number of nitrogens with zero attached hydrogens (tertiary/aromatic N) is 3. The van der Waals surface area contributed by atoms with Crippen LogP contribution in [0.1, 0.15) is 19.2 Å². The fourth-order valence-electron chi connectivity index (χ4n) is 2.91. The number of methoxy groups -OCH3 is 2. The van der Waals surface area contributed by atoms with E-state index in [1.807, 2.05) is 43.3 Å². The molecule has 0 saturated heterocycles. The molecule has 158 valence electrons. The van der Waals surface area contributed by atoms with E-state index in [2.05, 4.69) is 10.1 Å². The lowest BCUT2D eigenvalue weighted by atomic mass is 10.2. The van der Waals surface area contributed by atoms with E-state index in [0.717, 1.165) is 5.56 Å². The molecule has 3 aromatic rings. The third kappa shape index (κ3) is 4.89. The lowest BCUT2D eigenvalue weighted by Crippen LogP contribution is -2.39. The summed E-state index contributed by atoms with van der Waals surface area (Å²) in [4.78, 5) is 18.7. The number of aromatic nitrogens is 2. The summed E-state index contributed by atoms with van der Waals surface area (Å²) in [6.07, 6.45) is -0.0515. The maximum atomic E-state index is 12.8. The first-order valence-corrected chi connectivity index (χ1v) is 9.57. The van der Waals surface area contributed by atoms with Crippen LogP contribution < -0.4 is 14.2 Å². The highest BCUT2D eigenvalue weighted by molar-refractivity contribution is 5.81. The molecule has 0 saturated carbocycles. The van der Waals surface area contributed by atoms with Crippen LogP contribution in [0, 0.1) is 0 Å². The van der Waals surface area contributed by atoms with Gasteiger partial charge in [-0.3, -0.25) is 4.79 Å². The average Bonchev–Trinajstić information content (AvgIpc) is 3.25. The smallest absolute Gasteiger partial charge is 0.263 e. The van der Waals surface area contributed by atoms with Crippen molar-refractivity contribution >= 4 is 5.91 Å². The number of para-hydroxylation sites is 1. The molecule has 0 fully saturated rings. The Kier molecular flexibility index (Phi) is 6.90. The molecule has 0 N–H and O–H groups in total. The standard InChI is InChI=1S/C22H25N3O5/c1-5-17(29-16-9-7-6-8-10-16)22(26)25(2)14-20-23-21(24-30-20)15-11-12-18(27-3)19(13-15)28-4/h6-13,17H,5,14H2,1-4H3/t17-/m1/s1. The third-order valence-electron chi connectivity index (χ3n) is 4.53. The number of ether oxygens (including phenoxy) is 3. The second-order valence-electron chi connectivity index (χ2n) is 6.60. The number of carbonyl (C=O) groups excluding carboxylic acids is 1. The number of amides is 1. The molecule has 1 atom stereocenters. The highest BCUT2D eigenvalue weighted by Gasteiger charge is 2.24. The Morgan fingerprint density at radius 2 is 1.83 bits per heavy atom. The zero-order valence-electron chi connectivity index (χ0n) is 17.5. The van der Waals surface area contributed by atoms with Gasteiger partial charge in [0.15, 0.2) is 17.6 Å². The van der Waals surface area contributed by atoms with Crippen molar-refractivity contribution in [2.45, 2.75) is 26.0 Å². The van der Waals surface area contributed by atoms with Gasteiger partial charge in [-0.25, -0.2) is 0 Å². The molecule has 0 aliphatic heterocycles. The Hall–Kier alpha value is -3.55. The summed E-state index contributed by atoms with van der Waals surface area (Å²) in [5, 5.41) is 4.01. The van der Waals surface area contributed by atoms with Gasteiger partial charge in [0.2, 0.25) is 11.7 Å². The third-order valence-corrected chi connectivity index (χ3v) is 4.53. The molecule has 0 radical (unpaired) electrons. The van der Waals surface area contributed by atoms with Gasteiger partial charge in [-0.05, 0) is 36.8 Å². The van der Waals surface area contributed by atoms with Gasteiger partial charge in [-0.1, -0.05) is 30.3 Å². The second-order valence-corrected chi connectivity index (χ2v) is 6.60. The number of likely N-dealkylation sites (N-methyl/N-ethyl adjacent to an activating group) is 1. The normalized spacial score (nSPS) is 11.6. The van der Waals surface area contributed by atoms with Crippen LogP contribution in [-0.2, 0) is 11.3 Å². The van der Waals surface area contributed by atoms with E-state index in [9.17, 15) is 4.79 Å². The molecular weight excluding hydrogens is 386 g/mol. The molecule has 1 heterocycles. The summed E-state index contributed by atoms with van der Waals surface area (Å²) in [6.45, 7) is 2.08. The Bertz CT molecular complexity index is 974. The Morgan fingerprint density at radius 1 is 1.10 bits per heavy atom. The summed E-state index contributed by atoms with van der Waals surface area (Å²) in [5.74, 6) is 2.40. The van der Waals surface area contributed by atoms with Crippen molar-refractivity contribution in [3.05, 3.63) is 54.4 Å². The van der Waals surface area contributed by atoms with Crippen molar-refractivity contribution in [1.29, 1.82) is 0 Å². The summed E-state index contributed by atoms with van der Waals surface area (Å²) in [7, 11) is 4.81. The van der Waals surface area contributed by atoms with Crippen LogP contribution in [-0.4, -0.2) is 48.3 Å². The molecule has 0 spiro atoms. The van der Waals surface area contributed by atoms with Crippen LogP contribution in [0.4, 0.5) is 0 Å². The predicted octanol–water partition coefficient (Wildman–Crippen LogP) is 3.57. The van der Waals surface area contributed by atoms with Gasteiger partial charge in [0.1, 0.15) is 5.75 Å². The maximum Gasteiger partial charge on any atom is 0.263 e. The molecule has 0 unspecified atom stereocenters. The van der Waals surface area contributed by atoms with Crippen molar-refractivity contribution in [2.24, 2.45) is 0 Å². The zero-order chi connectivity index (χ0) is 21.5. The molecule has 30 heavy (non-hydrogen) atoms. The van der Waals surface area contributed by atoms with Gasteiger partial charge in [0, 0.05) is 12.6 Å². The molecule has 0 bridgehead atoms. The van der Waals surface area contributed by atoms with Gasteiger partial charge in [0.05, 0.1) is 20.8 Å². The molecule has 0 aliphatic carbocycles. The van der Waals surface area contributed by atoms with Gasteiger partial charge < -0.3 is 23.6 Å². The molecule has 1 aromatic heterocycles. The molecule has 0 aliphatic rings. The van der Waals surface area contributed by atoms with Crippen molar-refractivity contribution in [3.63, 3.8) is 0 Å². The van der Waals surface area contributed by atoms with Crippen LogP contribution >= 0.6 is 0 Å². The average molecular weight is 411 g/mol. The second kappa shape index (κ2) is 9.78. The van der Waals surface area contributed by atoms with Crippen molar-refractivity contribution in [2.75, 3.05) is 21.3 Å². The van der Waals surface area contributed by atoms with Crippen LogP contribution in [0.2, 0.25) is 0 Å². The van der Waals surface area contributed by atoms with E-state index in [1.54, 1.807) is 33.4 Å². The van der Waals surface area contributed by atoms with E-state index in [-0.39, 0.29) is 12.5 Å². The number of benzene rings is 2. The number of rotatable bonds is 9. The first-order chi connectivity index (χ1) is 14.5. The Balaban J connectivity index is 1.68. The minimum absolute atomic E-state index is 0.160. The van der Waals surface area contributed by atoms with Crippen molar-refractivity contribution in [3.8, 4) is 28.6 Å². The SMILES string of the molecule is CC[C@@H](Oc1ccccc1)C(=O)N(C)Cc1nc(-c2ccc(OC)c(OC)c2)no1. The minimum atomic E-state index is -0.592. The molecule has 3 rings (SSSR count). The van der Waals surface area contributed by atoms with E-state index in [0.29, 0.717) is 35.4 Å². The zero-order valence-corrected chi connectivity index (χ0v) is 17.5. The first kappa shape index (κ1) is 21.2. The number of hydrogen-bond acceptors (Lipinski definition) is 7. The lowest BCUT2D eigenvalue weighted by Gasteiger charge is -2.22. The highest BCUT2D eigenvalue weighted by atomic mass is 16.5. The molecule has 2 aromatic carbocycles. The first-order valence-electron chi connectivity index (χ1n) is 9.57. The van der Waals surface area contributed by atoms with E-state index in [4.69, 9.17) is 18.7 Å². The molecule has 8 heteroatoms. The minimum Gasteiger partial charge on any atom is -0.493 e. The fourth-order valence-corrected chi connectivity index (χ4v) is 2.91. The molecular formula is C22H25N3O5. The Morgan fingerprint density at radius 3 is 2.50 bits per heavy atom. The largest absolute Gasteiger partial charge is 0.493 e. The number of hydrogen-bond donors (Lipinski definition) is 0. The summed E-state index contributed by atoms with van der Waals surface area (Å²) in [6, 6.07) is 14.6. The summed E-state index contributed by atoms with van der Waals surface area (Å²) >= 11 is 0. The lowest BCUT2D eigenvalue weighted by molar-refractivity contribution is -0.138. The van der Waals surface area contributed by atoms with Crippen LogP contribution in [0.3, 0.4) is 0 Å². The monoisotopic (exact) mass is 411 g/mol. The van der Waals surface area contributed by atoms with Gasteiger partial charge >= 0.3 is 0 Å². The van der Waals surface area contributed by atoms with Crippen molar-refractivity contribution < 1.29 is 23.5 Å². The van der Waals surface area contributed by atoms with Gasteiger partial charge in [-0.2, -0.15) is 4.98 Å². The van der Waals surface area contributed by atoms with E-state index in [1.165, 1.54) is 4.90 Å². The fraction of sp³-hybridized carbons (Fsp3) is 0.318. The highest BCUT2D eigenvalue weighted by Crippen LogP contribution is 2.31. The quantitative estimate of drug-likeness (QED) is 0.532. The molecule has 1 amide bonds. The summed E-state index contributed by atoms with van der Waals surface area (Å²) in [5.41, 5.74) is 0.718. The van der Waals surface area contributed by atoms with E-state index >= 15 is 0 Å². The van der Waals surface area contributed by atoms with Gasteiger partial charge in [0.25, 0.3) is 5.91 Å². The van der Waals surface area contributed by atoms with Crippen LogP contribution in [0.5, 0.6) is 17.2 Å². The topological polar surface area (TPSA) is 86.9 Å². The molecule has 8 nitrogen and oxygen atoms in total. The van der Waals surface area contributed by atoms with Crippen molar-refractivity contribution in [1.82, 2.24) is 15.0 Å². The van der Waals surface area contributed by atoms with Crippen LogP contribution in [0.15, 0.2) is 53.1 Å². The maximum absolute atomic E-state index is 12.8. The van der Waals surface area contributed by atoms with E-state index < -0.39 is 6.10 Å². The van der Waals surface area contributed by atoms with Gasteiger partial charge in [-0.15, -0.1) is 0 Å². The Labute approximate surface area is 175 Å². The van der Waals surface area contributed by atoms with Crippen LogP contribution in [0.25, 0.3) is 11.4 Å². The summed E-state index contributed by atoms with van der Waals surface area (Å²) < 4.78 is 21.7.